The van der Waals surface area contributed by atoms with E-state index in [9.17, 15) is 19.2 Å². The van der Waals surface area contributed by atoms with E-state index in [-0.39, 0.29) is 29.6 Å². The second-order valence-corrected chi connectivity index (χ2v) is 10.4. The van der Waals surface area contributed by atoms with Gasteiger partial charge in [-0.3, -0.25) is 19.2 Å². The molecule has 1 saturated carbocycles. The summed E-state index contributed by atoms with van der Waals surface area (Å²) in [5, 5.41) is 6.32. The fraction of sp³-hybridized carbons (Fsp3) is 0.538. The van der Waals surface area contributed by atoms with Gasteiger partial charge in [-0.1, -0.05) is 18.9 Å². The lowest BCUT2D eigenvalue weighted by Crippen LogP contribution is -2.53. The molecule has 0 radical (unpaired) electrons. The number of nitrogens with one attached hydrogen (secondary N) is 3. The van der Waals surface area contributed by atoms with Gasteiger partial charge in [-0.15, -0.1) is 0 Å². The first kappa shape index (κ1) is 24.1. The van der Waals surface area contributed by atoms with Crippen molar-refractivity contribution in [3.05, 3.63) is 30.0 Å². The van der Waals surface area contributed by atoms with Crippen LogP contribution in [0.2, 0.25) is 0 Å². The molecule has 36 heavy (non-hydrogen) atoms. The van der Waals surface area contributed by atoms with Gasteiger partial charge in [-0.05, 0) is 55.7 Å². The van der Waals surface area contributed by atoms with Crippen LogP contribution >= 0.6 is 0 Å². The van der Waals surface area contributed by atoms with Crippen molar-refractivity contribution in [3.63, 3.8) is 0 Å². The van der Waals surface area contributed by atoms with Crippen molar-refractivity contribution in [1.29, 1.82) is 0 Å². The lowest BCUT2D eigenvalue weighted by Gasteiger charge is -2.26. The number of aromatic nitrogens is 1. The molecule has 2 saturated heterocycles. The number of carbonyl (C=O) groups excluding carboxylic acids is 4. The largest absolute Gasteiger partial charge is 0.496 e. The Morgan fingerprint density at radius 1 is 1.28 bits per heavy atom. The number of aromatic amines is 1. The Labute approximate surface area is 209 Å². The number of H-pyrrole nitrogens is 1. The summed E-state index contributed by atoms with van der Waals surface area (Å²) >= 11 is 0. The van der Waals surface area contributed by atoms with Crippen LogP contribution < -0.4 is 21.1 Å². The quantitative estimate of drug-likeness (QED) is 0.459. The van der Waals surface area contributed by atoms with E-state index in [1.165, 1.54) is 0 Å². The summed E-state index contributed by atoms with van der Waals surface area (Å²) in [5.74, 6) is -1.19. The maximum atomic E-state index is 13.7. The highest BCUT2D eigenvalue weighted by Gasteiger charge is 2.50. The average molecular weight is 496 g/mol. The molecule has 3 aliphatic rings. The molecule has 1 unspecified atom stereocenters. The molecule has 10 heteroatoms. The van der Waals surface area contributed by atoms with Crippen molar-refractivity contribution < 1.29 is 23.9 Å². The predicted octanol–water partition coefficient (Wildman–Crippen LogP) is 1.45. The van der Waals surface area contributed by atoms with E-state index in [0.717, 1.165) is 36.6 Å². The van der Waals surface area contributed by atoms with Gasteiger partial charge in [0.15, 0.2) is 0 Å². The van der Waals surface area contributed by atoms with Crippen LogP contribution in [0.25, 0.3) is 10.9 Å². The molecule has 3 heterocycles. The number of fused-ring (bicyclic) bond motifs is 1. The average Bonchev–Trinajstić information content (AvgIpc) is 3.65. The number of likely N-dealkylation sites (tertiary alicyclic amines) is 1. The van der Waals surface area contributed by atoms with E-state index < -0.39 is 23.9 Å². The van der Waals surface area contributed by atoms with Crippen molar-refractivity contribution in [1.82, 2.24) is 20.5 Å². The number of nitrogens with two attached hydrogens (primary N) is 1. The molecule has 192 valence electrons. The Kier molecular flexibility index (Phi) is 6.36. The Balaban J connectivity index is 1.39. The second-order valence-electron chi connectivity index (χ2n) is 10.4. The standard InChI is InChI=1S/C26H33N5O5/c1-36-21-6-4-5-17-16(21)12-19(29-17)25(35)31-14-26(8-2-3-9-26)13-20(31)24(34)30-18(22(27)32)11-15-7-10-28-23(15)33/h4-6,12,15,18,20,29H,2-3,7-11,13-14H2,1H3,(H2,27,32)(H,28,33)(H,30,34)/t15-,18?,20-/m0/s1. The number of hydrogen-bond acceptors (Lipinski definition) is 5. The summed E-state index contributed by atoms with van der Waals surface area (Å²) in [4.78, 5) is 56.3. The fourth-order valence-corrected chi connectivity index (χ4v) is 6.24. The molecule has 1 aromatic heterocycles. The van der Waals surface area contributed by atoms with Crippen LogP contribution in [0.3, 0.4) is 0 Å². The Bertz CT molecular complexity index is 1200. The summed E-state index contributed by atoms with van der Waals surface area (Å²) in [5.41, 5.74) is 6.65. The third-order valence-corrected chi connectivity index (χ3v) is 8.15. The molecule has 0 bridgehead atoms. The number of primary amides is 1. The molecule has 3 fully saturated rings. The molecule has 2 aromatic rings. The summed E-state index contributed by atoms with van der Waals surface area (Å²) in [6.07, 6.45) is 5.36. The minimum atomic E-state index is -0.972. The normalized spacial score (nSPS) is 23.7. The first-order chi connectivity index (χ1) is 17.3. The zero-order valence-electron chi connectivity index (χ0n) is 20.5. The number of hydrogen-bond donors (Lipinski definition) is 4. The molecule has 5 rings (SSSR count). The number of carbonyl (C=O) groups is 4. The van der Waals surface area contributed by atoms with Crippen molar-refractivity contribution in [2.75, 3.05) is 20.2 Å². The number of nitrogens with zero attached hydrogens (tertiary/aromatic N) is 1. The molecule has 4 amide bonds. The van der Waals surface area contributed by atoms with Crippen LogP contribution in [0.4, 0.5) is 0 Å². The number of benzene rings is 1. The molecule has 5 N–H and O–H groups in total. The smallest absolute Gasteiger partial charge is 0.271 e. The number of amides is 4. The third-order valence-electron chi connectivity index (χ3n) is 8.15. The van der Waals surface area contributed by atoms with Crippen LogP contribution in [0, 0.1) is 11.3 Å². The Hall–Kier alpha value is -3.56. The molecule has 1 spiro atoms. The van der Waals surface area contributed by atoms with E-state index in [4.69, 9.17) is 10.5 Å². The lowest BCUT2D eigenvalue weighted by molar-refractivity contribution is -0.131. The van der Waals surface area contributed by atoms with E-state index in [1.54, 1.807) is 18.1 Å². The third kappa shape index (κ3) is 4.40. The van der Waals surface area contributed by atoms with Crippen molar-refractivity contribution in [2.24, 2.45) is 17.1 Å². The van der Waals surface area contributed by atoms with Gasteiger partial charge in [0, 0.05) is 29.9 Å². The summed E-state index contributed by atoms with van der Waals surface area (Å²) in [6, 6.07) is 5.62. The van der Waals surface area contributed by atoms with Gasteiger partial charge < -0.3 is 31.0 Å². The fourth-order valence-electron chi connectivity index (χ4n) is 6.24. The van der Waals surface area contributed by atoms with Crippen LogP contribution in [-0.4, -0.2) is 65.8 Å². The molecule has 2 aliphatic heterocycles. The number of methoxy groups -OCH3 is 1. The van der Waals surface area contributed by atoms with E-state index in [1.807, 2.05) is 18.2 Å². The van der Waals surface area contributed by atoms with Gasteiger partial charge in [0.25, 0.3) is 5.91 Å². The zero-order chi connectivity index (χ0) is 25.4. The highest BCUT2D eigenvalue weighted by Crippen LogP contribution is 2.48. The maximum absolute atomic E-state index is 13.7. The summed E-state index contributed by atoms with van der Waals surface area (Å²) in [7, 11) is 1.58. The first-order valence-electron chi connectivity index (χ1n) is 12.6. The van der Waals surface area contributed by atoms with Gasteiger partial charge in [-0.25, -0.2) is 0 Å². The van der Waals surface area contributed by atoms with Gasteiger partial charge in [0.1, 0.15) is 23.5 Å². The molecule has 10 nitrogen and oxygen atoms in total. The van der Waals surface area contributed by atoms with E-state index >= 15 is 0 Å². The van der Waals surface area contributed by atoms with Crippen LogP contribution in [-0.2, 0) is 14.4 Å². The maximum Gasteiger partial charge on any atom is 0.271 e. The topological polar surface area (TPSA) is 147 Å². The minimum absolute atomic E-state index is 0.102. The first-order valence-corrected chi connectivity index (χ1v) is 12.6. The molecular formula is C26H33N5O5. The highest BCUT2D eigenvalue weighted by molar-refractivity contribution is 6.02. The van der Waals surface area contributed by atoms with Crippen molar-refractivity contribution in [3.8, 4) is 5.75 Å². The van der Waals surface area contributed by atoms with Gasteiger partial charge in [-0.2, -0.15) is 0 Å². The zero-order valence-corrected chi connectivity index (χ0v) is 20.5. The van der Waals surface area contributed by atoms with Gasteiger partial charge in [0.2, 0.25) is 17.7 Å². The second kappa shape index (κ2) is 9.48. The van der Waals surface area contributed by atoms with Crippen LogP contribution in [0.15, 0.2) is 24.3 Å². The van der Waals surface area contributed by atoms with Gasteiger partial charge >= 0.3 is 0 Å². The van der Waals surface area contributed by atoms with Crippen LogP contribution in [0.5, 0.6) is 5.75 Å². The molecule has 1 aliphatic carbocycles. The summed E-state index contributed by atoms with van der Waals surface area (Å²) < 4.78 is 5.43. The molecular weight excluding hydrogens is 462 g/mol. The predicted molar refractivity (Wildman–Crippen MR) is 132 cm³/mol. The Morgan fingerprint density at radius 2 is 2.06 bits per heavy atom. The highest BCUT2D eigenvalue weighted by atomic mass is 16.5. The minimum Gasteiger partial charge on any atom is -0.496 e. The SMILES string of the molecule is COc1cccc2[nH]c(C(=O)N3CC4(CCCC4)C[C@H]3C(=O)NC(C[C@@H]3CCNC3=O)C(N)=O)cc12. The lowest BCUT2D eigenvalue weighted by atomic mass is 9.84. The molecule has 3 atom stereocenters. The monoisotopic (exact) mass is 495 g/mol. The van der Waals surface area contributed by atoms with Crippen LogP contribution in [0.1, 0.15) is 55.4 Å². The number of rotatable bonds is 7. The summed E-state index contributed by atoms with van der Waals surface area (Å²) in [6.45, 7) is 1.04. The van der Waals surface area contributed by atoms with E-state index in [0.29, 0.717) is 37.4 Å². The van der Waals surface area contributed by atoms with Gasteiger partial charge in [0.05, 0.1) is 7.11 Å². The van der Waals surface area contributed by atoms with Crippen molar-refractivity contribution >= 4 is 34.5 Å². The molecule has 1 aromatic carbocycles. The van der Waals surface area contributed by atoms with E-state index in [2.05, 4.69) is 15.6 Å². The number of ether oxygens (including phenoxy) is 1. The Morgan fingerprint density at radius 3 is 2.72 bits per heavy atom. The van der Waals surface area contributed by atoms with Crippen molar-refractivity contribution in [2.45, 2.75) is 57.0 Å².